The van der Waals surface area contributed by atoms with E-state index in [2.05, 4.69) is 56.4 Å². The lowest BCUT2D eigenvalue weighted by Gasteiger charge is -2.47. The van der Waals surface area contributed by atoms with Crippen molar-refractivity contribution in [3.8, 4) is 11.4 Å². The molecule has 0 unspecified atom stereocenters. The molecule has 3 heterocycles. The molecular weight excluding hydrogens is 417 g/mol. The molecule has 1 aromatic carbocycles. The number of nitrogens with zero attached hydrogens (tertiary/aromatic N) is 3. The van der Waals surface area contributed by atoms with Gasteiger partial charge in [-0.05, 0) is 65.2 Å². The molecule has 1 fully saturated rings. The summed E-state index contributed by atoms with van der Waals surface area (Å²) in [6, 6.07) is 5.55. The van der Waals surface area contributed by atoms with Crippen LogP contribution < -0.4 is 10.6 Å². The molecule has 0 bridgehead atoms. The number of allylic oxidation sites excluding steroid dienone is 2. The molecule has 33 heavy (non-hydrogen) atoms. The summed E-state index contributed by atoms with van der Waals surface area (Å²) in [6.07, 6.45) is 10.1. The number of aromatic hydroxyl groups is 1. The van der Waals surface area contributed by atoms with Crippen molar-refractivity contribution < 1.29 is 9.50 Å². The number of phenols is 1. The second-order valence-electron chi connectivity index (χ2n) is 10.4. The summed E-state index contributed by atoms with van der Waals surface area (Å²) in [4.78, 5) is 4.74. The lowest BCUT2D eigenvalue weighted by atomic mass is 9.79. The molecule has 0 atom stereocenters. The van der Waals surface area contributed by atoms with E-state index in [0.29, 0.717) is 23.0 Å². The van der Waals surface area contributed by atoms with Crippen molar-refractivity contribution in [1.82, 2.24) is 20.4 Å². The smallest absolute Gasteiger partial charge is 0.161 e. The van der Waals surface area contributed by atoms with Gasteiger partial charge in [-0.1, -0.05) is 12.5 Å². The summed E-state index contributed by atoms with van der Waals surface area (Å²) >= 11 is 0. The van der Waals surface area contributed by atoms with E-state index in [9.17, 15) is 9.50 Å². The van der Waals surface area contributed by atoms with Crippen LogP contribution in [0.2, 0.25) is 0 Å². The summed E-state index contributed by atoms with van der Waals surface area (Å²) in [5.74, 6) is -0.339. The van der Waals surface area contributed by atoms with Gasteiger partial charge in [0.05, 0.1) is 23.8 Å². The summed E-state index contributed by atoms with van der Waals surface area (Å²) in [7, 11) is 0. The number of hydrogen-bond acceptors (Lipinski definition) is 5. The van der Waals surface area contributed by atoms with E-state index in [1.54, 1.807) is 18.2 Å². The van der Waals surface area contributed by atoms with Crippen LogP contribution in [-0.4, -0.2) is 37.7 Å². The topological polar surface area (TPSA) is 74.5 Å². The van der Waals surface area contributed by atoms with Crippen LogP contribution in [0.1, 0.15) is 65.9 Å². The molecular formula is C26H34FN5O. The number of phenolic OH excluding ortho intramolecular Hbond substituents is 1. The molecule has 3 N–H and O–H groups in total. The quantitative estimate of drug-likeness (QED) is 0.599. The highest BCUT2D eigenvalue weighted by molar-refractivity contribution is 6.11. The summed E-state index contributed by atoms with van der Waals surface area (Å²) in [5.41, 5.74) is 4.41. The van der Waals surface area contributed by atoms with E-state index in [4.69, 9.17) is 4.99 Å². The SMILES string of the molecule is CCC1=CC(c2ccc(-n3cc(F)cn3)cc2O)=NC=C(NC2CC(C)(C)NC(C)(C)C2)C1. The lowest BCUT2D eigenvalue weighted by Crippen LogP contribution is -2.61. The van der Waals surface area contributed by atoms with E-state index in [1.165, 1.54) is 16.5 Å². The number of aromatic nitrogens is 2. The Morgan fingerprint density at radius 2 is 1.94 bits per heavy atom. The zero-order valence-corrected chi connectivity index (χ0v) is 20.1. The Hall–Kier alpha value is -2.93. The third-order valence-corrected chi connectivity index (χ3v) is 6.22. The maximum Gasteiger partial charge on any atom is 0.161 e. The highest BCUT2D eigenvalue weighted by atomic mass is 19.1. The van der Waals surface area contributed by atoms with Gasteiger partial charge in [0, 0.05) is 47.1 Å². The van der Waals surface area contributed by atoms with E-state index in [1.807, 2.05) is 6.20 Å². The normalized spacial score (nSPS) is 20.5. The van der Waals surface area contributed by atoms with Crippen molar-refractivity contribution in [3.05, 3.63) is 65.5 Å². The first-order chi connectivity index (χ1) is 15.5. The van der Waals surface area contributed by atoms with E-state index in [-0.39, 0.29) is 16.8 Å². The maximum absolute atomic E-state index is 13.3. The minimum atomic E-state index is -0.423. The van der Waals surface area contributed by atoms with Gasteiger partial charge in [-0.25, -0.2) is 9.07 Å². The second-order valence-corrected chi connectivity index (χ2v) is 10.4. The number of aliphatic imine (C=N–C) groups is 1. The molecule has 1 aromatic heterocycles. The Balaban J connectivity index is 1.59. The number of hydrogen-bond donors (Lipinski definition) is 3. The predicted octanol–water partition coefficient (Wildman–Crippen LogP) is 4.99. The molecule has 2 aliphatic rings. The first kappa shape index (κ1) is 23.2. The monoisotopic (exact) mass is 451 g/mol. The Kier molecular flexibility index (Phi) is 6.18. The first-order valence-electron chi connectivity index (χ1n) is 11.6. The predicted molar refractivity (Wildman–Crippen MR) is 130 cm³/mol. The van der Waals surface area contributed by atoms with Crippen molar-refractivity contribution in [2.45, 2.75) is 77.4 Å². The summed E-state index contributed by atoms with van der Waals surface area (Å²) < 4.78 is 14.7. The molecule has 176 valence electrons. The summed E-state index contributed by atoms with van der Waals surface area (Å²) in [5, 5.41) is 22.2. The molecule has 0 amide bonds. The zero-order chi connectivity index (χ0) is 23.8. The number of rotatable bonds is 5. The van der Waals surface area contributed by atoms with Crippen LogP contribution in [0.3, 0.4) is 0 Å². The number of benzene rings is 1. The van der Waals surface area contributed by atoms with Gasteiger partial charge in [-0.3, -0.25) is 4.99 Å². The molecule has 0 spiro atoms. The summed E-state index contributed by atoms with van der Waals surface area (Å²) in [6.45, 7) is 11.1. The molecule has 7 heteroatoms. The van der Waals surface area contributed by atoms with Crippen molar-refractivity contribution in [2.75, 3.05) is 0 Å². The highest BCUT2D eigenvalue weighted by Crippen LogP contribution is 2.31. The van der Waals surface area contributed by atoms with Gasteiger partial charge in [0.15, 0.2) is 5.82 Å². The number of halogens is 1. The minimum Gasteiger partial charge on any atom is -0.507 e. The van der Waals surface area contributed by atoms with E-state index in [0.717, 1.165) is 37.6 Å². The Labute approximate surface area is 195 Å². The maximum atomic E-state index is 13.3. The minimum absolute atomic E-state index is 0.0631. The molecule has 0 aliphatic carbocycles. The Morgan fingerprint density at radius 3 is 2.55 bits per heavy atom. The number of piperidine rings is 1. The third kappa shape index (κ3) is 5.53. The molecule has 1 saturated heterocycles. The second kappa shape index (κ2) is 8.78. The van der Waals surface area contributed by atoms with Crippen molar-refractivity contribution in [2.24, 2.45) is 4.99 Å². The van der Waals surface area contributed by atoms with Crippen LogP contribution in [0.25, 0.3) is 5.69 Å². The molecule has 4 rings (SSSR count). The lowest BCUT2D eigenvalue weighted by molar-refractivity contribution is 0.151. The zero-order valence-electron chi connectivity index (χ0n) is 20.1. The average Bonchev–Trinajstić information content (AvgIpc) is 3.03. The van der Waals surface area contributed by atoms with Gasteiger partial charge in [-0.15, -0.1) is 0 Å². The molecule has 0 saturated carbocycles. The fourth-order valence-electron chi connectivity index (χ4n) is 5.19. The van der Waals surface area contributed by atoms with Crippen LogP contribution in [0.5, 0.6) is 5.75 Å². The van der Waals surface area contributed by atoms with Crippen molar-refractivity contribution >= 4 is 5.71 Å². The largest absolute Gasteiger partial charge is 0.507 e. The first-order valence-corrected chi connectivity index (χ1v) is 11.6. The van der Waals surface area contributed by atoms with Crippen LogP contribution in [0, 0.1) is 5.82 Å². The molecule has 6 nitrogen and oxygen atoms in total. The van der Waals surface area contributed by atoms with E-state index >= 15 is 0 Å². The molecule has 0 radical (unpaired) electrons. The van der Waals surface area contributed by atoms with Gasteiger partial charge in [0.2, 0.25) is 0 Å². The number of nitrogens with one attached hydrogen (secondary N) is 2. The molecule has 2 aromatic rings. The Morgan fingerprint density at radius 1 is 1.21 bits per heavy atom. The van der Waals surface area contributed by atoms with Gasteiger partial charge in [-0.2, -0.15) is 5.10 Å². The van der Waals surface area contributed by atoms with Crippen molar-refractivity contribution in [1.29, 1.82) is 0 Å². The Bertz CT molecular complexity index is 1110. The fourth-order valence-corrected chi connectivity index (χ4v) is 5.19. The fraction of sp³-hybridized carbons (Fsp3) is 0.462. The third-order valence-electron chi connectivity index (χ3n) is 6.22. The average molecular weight is 452 g/mol. The van der Waals surface area contributed by atoms with Crippen LogP contribution in [0.4, 0.5) is 4.39 Å². The standard InChI is InChI=1S/C26H34FN5O/c1-6-17-9-19(30-20-12-25(2,3)31-26(4,5)13-20)15-28-23(10-17)22-8-7-21(11-24(22)33)32-16-18(27)14-29-32/h7-8,10-11,14-16,20,30-31,33H,6,9,12-13H2,1-5H3. The van der Waals surface area contributed by atoms with Crippen molar-refractivity contribution in [3.63, 3.8) is 0 Å². The van der Waals surface area contributed by atoms with Crippen LogP contribution >= 0.6 is 0 Å². The van der Waals surface area contributed by atoms with Crippen LogP contribution in [-0.2, 0) is 0 Å². The molecule has 2 aliphatic heterocycles. The van der Waals surface area contributed by atoms with Gasteiger partial charge >= 0.3 is 0 Å². The van der Waals surface area contributed by atoms with Gasteiger partial charge in [0.1, 0.15) is 5.75 Å². The highest BCUT2D eigenvalue weighted by Gasteiger charge is 2.37. The van der Waals surface area contributed by atoms with Gasteiger partial charge < -0.3 is 15.7 Å². The van der Waals surface area contributed by atoms with Gasteiger partial charge in [0.25, 0.3) is 0 Å². The van der Waals surface area contributed by atoms with E-state index < -0.39 is 5.82 Å². The van der Waals surface area contributed by atoms with Crippen LogP contribution in [0.15, 0.2) is 59.1 Å².